The second-order valence-corrected chi connectivity index (χ2v) is 7.70. The van der Waals surface area contributed by atoms with Gasteiger partial charge in [0.1, 0.15) is 0 Å². The van der Waals surface area contributed by atoms with Crippen LogP contribution in [0.3, 0.4) is 0 Å². The van der Waals surface area contributed by atoms with Crippen LogP contribution in [0.2, 0.25) is 0 Å². The molecule has 1 atom stereocenters. The number of pyridine rings is 1. The summed E-state index contributed by atoms with van der Waals surface area (Å²) >= 11 is 0. The van der Waals surface area contributed by atoms with Gasteiger partial charge in [-0.05, 0) is 49.6 Å². The van der Waals surface area contributed by atoms with Gasteiger partial charge in [-0.15, -0.1) is 0 Å². The Bertz CT molecular complexity index is 1000. The van der Waals surface area contributed by atoms with E-state index in [-0.39, 0.29) is 11.8 Å². The third-order valence-electron chi connectivity index (χ3n) is 5.75. The summed E-state index contributed by atoms with van der Waals surface area (Å²) in [4.78, 5) is 26.0. The normalized spacial score (nSPS) is 19.3. The van der Waals surface area contributed by atoms with Gasteiger partial charge in [-0.1, -0.05) is 23.4 Å². The van der Waals surface area contributed by atoms with Crippen LogP contribution < -0.4 is 4.90 Å². The average molecular weight is 389 g/mol. The lowest BCUT2D eigenvalue weighted by Crippen LogP contribution is -2.44. The second kappa shape index (κ2) is 7.75. The molecule has 3 aromatic rings. The molecule has 2 aliphatic heterocycles. The van der Waals surface area contributed by atoms with Gasteiger partial charge >= 0.3 is 0 Å². The maximum absolute atomic E-state index is 13.2. The molecule has 5 rings (SSSR count). The van der Waals surface area contributed by atoms with Crippen molar-refractivity contribution >= 4 is 11.6 Å². The number of anilines is 1. The van der Waals surface area contributed by atoms with Crippen molar-refractivity contribution in [2.24, 2.45) is 5.92 Å². The molecular formula is C22H23N5O2. The maximum atomic E-state index is 13.2. The third kappa shape index (κ3) is 3.65. The molecule has 1 aromatic carbocycles. The van der Waals surface area contributed by atoms with Gasteiger partial charge in [-0.3, -0.25) is 14.7 Å². The van der Waals surface area contributed by atoms with Crippen molar-refractivity contribution in [3.8, 4) is 11.4 Å². The number of piperidine rings is 1. The smallest absolute Gasteiger partial charge is 0.241 e. The standard InChI is InChI=1S/C22H23N5O2/c28-22(27-12-9-16-5-1-2-8-19(16)27)18-7-4-11-26(14-18)15-20-24-21(25-29-20)17-6-3-10-23-13-17/h1-3,5-6,8,10,13,18H,4,7,9,11-12,14-15H2. The fourth-order valence-electron chi connectivity index (χ4n) is 4.31. The minimum Gasteiger partial charge on any atom is -0.338 e. The molecule has 1 saturated heterocycles. The highest BCUT2D eigenvalue weighted by atomic mass is 16.5. The fraction of sp³-hybridized carbons (Fsp3) is 0.364. The lowest BCUT2D eigenvalue weighted by molar-refractivity contribution is -0.124. The Balaban J connectivity index is 1.25. The van der Waals surface area contributed by atoms with Gasteiger partial charge in [0, 0.05) is 36.7 Å². The molecule has 29 heavy (non-hydrogen) atoms. The van der Waals surface area contributed by atoms with Crippen molar-refractivity contribution in [1.82, 2.24) is 20.0 Å². The quantitative estimate of drug-likeness (QED) is 0.683. The number of likely N-dealkylation sites (tertiary alicyclic amines) is 1. The molecule has 7 heteroatoms. The predicted molar refractivity (Wildman–Crippen MR) is 108 cm³/mol. The van der Waals surface area contributed by atoms with Gasteiger partial charge in [-0.2, -0.15) is 4.98 Å². The first kappa shape index (κ1) is 18.0. The summed E-state index contributed by atoms with van der Waals surface area (Å²) in [5, 5.41) is 4.07. The summed E-state index contributed by atoms with van der Waals surface area (Å²) in [7, 11) is 0. The van der Waals surface area contributed by atoms with E-state index in [2.05, 4.69) is 32.2 Å². The molecule has 0 saturated carbocycles. The predicted octanol–water partition coefficient (Wildman–Crippen LogP) is 2.93. The molecule has 2 aromatic heterocycles. The number of hydrogen-bond donors (Lipinski definition) is 0. The van der Waals surface area contributed by atoms with Crippen LogP contribution in [0.5, 0.6) is 0 Å². The van der Waals surface area contributed by atoms with Gasteiger partial charge in [0.15, 0.2) is 0 Å². The summed E-state index contributed by atoms with van der Waals surface area (Å²) in [5.41, 5.74) is 3.18. The van der Waals surface area contributed by atoms with E-state index in [1.807, 2.05) is 29.2 Å². The van der Waals surface area contributed by atoms with Crippen molar-refractivity contribution < 1.29 is 9.32 Å². The number of carbonyl (C=O) groups is 1. The SMILES string of the molecule is O=C(C1CCCN(Cc2nc(-c3cccnc3)no2)C1)N1CCc2ccccc21. The Morgan fingerprint density at radius 2 is 2.10 bits per heavy atom. The van der Waals surface area contributed by atoms with Crippen LogP contribution in [0.1, 0.15) is 24.3 Å². The minimum absolute atomic E-state index is 0.00983. The van der Waals surface area contributed by atoms with E-state index < -0.39 is 0 Å². The molecule has 0 radical (unpaired) electrons. The number of benzene rings is 1. The molecule has 0 aliphatic carbocycles. The van der Waals surface area contributed by atoms with E-state index >= 15 is 0 Å². The van der Waals surface area contributed by atoms with E-state index in [0.29, 0.717) is 18.3 Å². The number of carbonyl (C=O) groups excluding carboxylic acids is 1. The molecule has 0 bridgehead atoms. The van der Waals surface area contributed by atoms with Gasteiger partial charge in [0.05, 0.1) is 12.5 Å². The summed E-state index contributed by atoms with van der Waals surface area (Å²) in [6.07, 6.45) is 6.30. The fourth-order valence-corrected chi connectivity index (χ4v) is 4.31. The van der Waals surface area contributed by atoms with Crippen molar-refractivity contribution in [3.63, 3.8) is 0 Å². The van der Waals surface area contributed by atoms with Crippen molar-refractivity contribution in [1.29, 1.82) is 0 Å². The van der Waals surface area contributed by atoms with Crippen molar-refractivity contribution in [2.75, 3.05) is 24.5 Å². The topological polar surface area (TPSA) is 75.4 Å². The first-order chi connectivity index (χ1) is 14.3. The van der Waals surface area contributed by atoms with Crippen molar-refractivity contribution in [2.45, 2.75) is 25.8 Å². The second-order valence-electron chi connectivity index (χ2n) is 7.70. The molecule has 1 fully saturated rings. The first-order valence-electron chi connectivity index (χ1n) is 10.1. The number of fused-ring (bicyclic) bond motifs is 1. The van der Waals surface area contributed by atoms with Gasteiger partial charge < -0.3 is 9.42 Å². The van der Waals surface area contributed by atoms with Gasteiger partial charge in [0.2, 0.25) is 17.6 Å². The van der Waals surface area contributed by atoms with Gasteiger partial charge in [0.25, 0.3) is 0 Å². The zero-order valence-corrected chi connectivity index (χ0v) is 16.2. The molecule has 7 nitrogen and oxygen atoms in total. The molecule has 148 valence electrons. The van der Waals surface area contributed by atoms with Crippen LogP contribution >= 0.6 is 0 Å². The van der Waals surface area contributed by atoms with E-state index in [1.165, 1.54) is 5.56 Å². The lowest BCUT2D eigenvalue weighted by atomic mass is 9.96. The van der Waals surface area contributed by atoms with E-state index in [9.17, 15) is 4.79 Å². The van der Waals surface area contributed by atoms with E-state index in [1.54, 1.807) is 12.4 Å². The molecule has 1 amide bonds. The van der Waals surface area contributed by atoms with Gasteiger partial charge in [-0.25, -0.2) is 0 Å². The summed E-state index contributed by atoms with van der Waals surface area (Å²) in [6.45, 7) is 3.01. The van der Waals surface area contributed by atoms with E-state index in [0.717, 1.165) is 50.1 Å². The van der Waals surface area contributed by atoms with Crippen LogP contribution in [0.25, 0.3) is 11.4 Å². The van der Waals surface area contributed by atoms with Crippen molar-refractivity contribution in [3.05, 3.63) is 60.2 Å². The molecule has 1 unspecified atom stereocenters. The van der Waals surface area contributed by atoms with E-state index in [4.69, 9.17) is 4.52 Å². The molecule has 4 heterocycles. The Morgan fingerprint density at radius 3 is 3.00 bits per heavy atom. The number of amides is 1. The Morgan fingerprint density at radius 1 is 1.17 bits per heavy atom. The number of para-hydroxylation sites is 1. The molecular weight excluding hydrogens is 366 g/mol. The van der Waals surface area contributed by atoms with Crippen LogP contribution in [-0.4, -0.2) is 45.6 Å². The van der Waals surface area contributed by atoms with Crippen LogP contribution in [-0.2, 0) is 17.8 Å². The zero-order valence-electron chi connectivity index (χ0n) is 16.2. The third-order valence-corrected chi connectivity index (χ3v) is 5.75. The monoisotopic (exact) mass is 389 g/mol. The average Bonchev–Trinajstić information content (AvgIpc) is 3.41. The summed E-state index contributed by atoms with van der Waals surface area (Å²) in [6, 6.07) is 12.0. The van der Waals surface area contributed by atoms with Crippen LogP contribution in [0.15, 0.2) is 53.3 Å². The molecule has 2 aliphatic rings. The highest BCUT2D eigenvalue weighted by Crippen LogP contribution is 2.31. The molecule has 0 spiro atoms. The highest BCUT2D eigenvalue weighted by molar-refractivity contribution is 5.97. The van der Waals surface area contributed by atoms with Crippen LogP contribution in [0.4, 0.5) is 5.69 Å². The Hall–Kier alpha value is -3.06. The number of rotatable bonds is 4. The number of hydrogen-bond acceptors (Lipinski definition) is 6. The molecule has 0 N–H and O–H groups in total. The lowest BCUT2D eigenvalue weighted by Gasteiger charge is -2.33. The largest absolute Gasteiger partial charge is 0.338 e. The summed E-state index contributed by atoms with van der Waals surface area (Å²) < 4.78 is 5.44. The number of aromatic nitrogens is 3. The Labute approximate surface area is 169 Å². The minimum atomic E-state index is 0.00983. The first-order valence-corrected chi connectivity index (χ1v) is 10.1. The summed E-state index contributed by atoms with van der Waals surface area (Å²) in [5.74, 6) is 1.37. The van der Waals surface area contributed by atoms with Crippen LogP contribution in [0, 0.1) is 5.92 Å². The highest BCUT2D eigenvalue weighted by Gasteiger charge is 2.33. The zero-order chi connectivity index (χ0) is 19.6. The Kier molecular flexibility index (Phi) is 4.81. The maximum Gasteiger partial charge on any atom is 0.241 e. The number of nitrogens with zero attached hydrogens (tertiary/aromatic N) is 5.